The van der Waals surface area contributed by atoms with Crippen molar-refractivity contribution in [3.63, 3.8) is 0 Å². The van der Waals surface area contributed by atoms with E-state index in [1.165, 1.54) is 31.0 Å². The van der Waals surface area contributed by atoms with Gasteiger partial charge in [0.15, 0.2) is 0 Å². The van der Waals surface area contributed by atoms with Crippen molar-refractivity contribution in [2.24, 2.45) is 5.41 Å². The molecule has 3 aliphatic heterocycles. The van der Waals surface area contributed by atoms with Gasteiger partial charge in [-0.15, -0.1) is 0 Å². The molecule has 7 rings (SSSR count). The largest absolute Gasteiger partial charge is 0.434 e. The Labute approximate surface area is 212 Å². The Kier molecular flexibility index (Phi) is 3.93. The summed E-state index contributed by atoms with van der Waals surface area (Å²) in [6, 6.07) is 9.16. The Balaban J connectivity index is 1.35. The van der Waals surface area contributed by atoms with Crippen molar-refractivity contribution < 1.29 is 22.4 Å². The van der Waals surface area contributed by atoms with E-state index in [4.69, 9.17) is 13.8 Å². The molecule has 2 atom stereocenters. The predicted molar refractivity (Wildman–Crippen MR) is 130 cm³/mol. The highest BCUT2D eigenvalue weighted by Crippen LogP contribution is 2.50. The van der Waals surface area contributed by atoms with E-state index in [2.05, 4.69) is 23.7 Å². The van der Waals surface area contributed by atoms with Gasteiger partial charge in [-0.2, -0.15) is 8.78 Å². The first-order chi connectivity index (χ1) is 18.5. The number of halogens is 2. The normalized spacial score (nSPS) is 25.7. The first kappa shape index (κ1) is 18.8. The predicted octanol–water partition coefficient (Wildman–Crippen LogP) is 4.59. The van der Waals surface area contributed by atoms with Gasteiger partial charge in [0.1, 0.15) is 11.6 Å². The molecule has 2 fully saturated rings. The van der Waals surface area contributed by atoms with Gasteiger partial charge in [0, 0.05) is 53.3 Å². The number of amides is 1. The van der Waals surface area contributed by atoms with Crippen LogP contribution in [0.1, 0.15) is 69.7 Å². The number of nitrogens with zero attached hydrogens (tertiary/aromatic N) is 4. The molecule has 2 aromatic carbocycles. The van der Waals surface area contributed by atoms with Crippen LogP contribution in [-0.4, -0.2) is 58.0 Å². The van der Waals surface area contributed by atoms with E-state index in [0.29, 0.717) is 16.9 Å². The Bertz CT molecular complexity index is 1580. The van der Waals surface area contributed by atoms with Gasteiger partial charge in [-0.3, -0.25) is 9.69 Å². The number of carbonyl (C=O) groups is 1. The molecule has 4 heterocycles. The molecule has 1 aliphatic carbocycles. The molecule has 0 N–H and O–H groups in total. The van der Waals surface area contributed by atoms with Gasteiger partial charge in [0.2, 0.25) is 0 Å². The van der Waals surface area contributed by atoms with Gasteiger partial charge < -0.3 is 14.2 Å². The summed E-state index contributed by atoms with van der Waals surface area (Å²) in [5.74, 6) is 6.26. The van der Waals surface area contributed by atoms with Crippen molar-refractivity contribution >= 4 is 16.9 Å². The topological polar surface area (TPSA) is 50.6 Å². The summed E-state index contributed by atoms with van der Waals surface area (Å²) in [6.45, 7) is -1.77. The second-order valence-corrected chi connectivity index (χ2v) is 10.5. The Morgan fingerprint density at radius 1 is 1.22 bits per heavy atom. The van der Waals surface area contributed by atoms with Gasteiger partial charge in [0.05, 0.1) is 28.5 Å². The average Bonchev–Trinajstić information content (AvgIpc) is 3.55. The molecule has 3 aromatic rings. The van der Waals surface area contributed by atoms with E-state index < -0.39 is 31.6 Å². The van der Waals surface area contributed by atoms with Crippen LogP contribution in [-0.2, 0) is 0 Å². The molecule has 184 valence electrons. The molecule has 2 bridgehead atoms. The van der Waals surface area contributed by atoms with Crippen molar-refractivity contribution in [2.75, 3.05) is 20.1 Å². The molecule has 1 saturated heterocycles. The van der Waals surface area contributed by atoms with Crippen molar-refractivity contribution in [3.8, 4) is 17.6 Å². The smallest absolute Gasteiger partial charge is 0.387 e. The molecule has 1 saturated carbocycles. The van der Waals surface area contributed by atoms with Gasteiger partial charge in [0.25, 0.3) is 5.91 Å². The van der Waals surface area contributed by atoms with Crippen molar-refractivity contribution in [1.29, 1.82) is 0 Å². The summed E-state index contributed by atoms with van der Waals surface area (Å²) in [6.07, 6.45) is 2.73. The second kappa shape index (κ2) is 7.53. The lowest BCUT2D eigenvalue weighted by molar-refractivity contribution is -0.0507. The number of benzene rings is 2. The van der Waals surface area contributed by atoms with E-state index in [0.717, 1.165) is 29.6 Å². The molecule has 8 heteroatoms. The molecule has 0 radical (unpaired) electrons. The zero-order chi connectivity index (χ0) is 27.3. The summed E-state index contributed by atoms with van der Waals surface area (Å²) in [5.41, 5.74) is 2.34. The number of fused-ring (bicyclic) bond motifs is 9. The minimum atomic E-state index is -3.10. The van der Waals surface area contributed by atoms with Crippen LogP contribution in [0.25, 0.3) is 11.0 Å². The van der Waals surface area contributed by atoms with Crippen molar-refractivity contribution in [2.45, 2.75) is 50.9 Å². The van der Waals surface area contributed by atoms with Gasteiger partial charge in [-0.25, -0.2) is 4.98 Å². The zero-order valence-corrected chi connectivity index (χ0v) is 19.7. The molecule has 36 heavy (non-hydrogen) atoms. The second-order valence-electron chi connectivity index (χ2n) is 10.5. The SMILES string of the molecule is [2H]C([2H])([2H])N1C(=O)c2cccc(OC(F)F)c2[C@H]2C[C@@H]1c1nc3ccc(C#CC4(C)CN(C5CC5)C4)cc3n12. The number of rotatable bonds is 3. The quantitative estimate of drug-likeness (QED) is 0.503. The van der Waals surface area contributed by atoms with Crippen LogP contribution >= 0.6 is 0 Å². The fourth-order valence-electron chi connectivity index (χ4n) is 6.04. The number of hydrogen-bond donors (Lipinski definition) is 0. The van der Waals surface area contributed by atoms with Crippen molar-refractivity contribution in [1.82, 2.24) is 19.4 Å². The zero-order valence-electron chi connectivity index (χ0n) is 22.7. The maximum atomic E-state index is 13.5. The van der Waals surface area contributed by atoms with Crippen molar-refractivity contribution in [3.05, 3.63) is 58.9 Å². The molecule has 4 aliphatic rings. The molecule has 1 aromatic heterocycles. The highest BCUT2D eigenvalue weighted by Gasteiger charge is 2.46. The highest BCUT2D eigenvalue weighted by molar-refractivity contribution is 5.97. The maximum absolute atomic E-state index is 13.5. The van der Waals surface area contributed by atoms with Crippen LogP contribution < -0.4 is 4.74 Å². The Morgan fingerprint density at radius 3 is 2.81 bits per heavy atom. The Morgan fingerprint density at radius 2 is 2.06 bits per heavy atom. The first-order valence-corrected chi connectivity index (χ1v) is 12.2. The van der Waals surface area contributed by atoms with Crippen LogP contribution in [0.3, 0.4) is 0 Å². The average molecular weight is 492 g/mol. The minimum absolute atomic E-state index is 0.0401. The van der Waals surface area contributed by atoms with Crippen LogP contribution in [0.2, 0.25) is 0 Å². The third-order valence-electron chi connectivity index (χ3n) is 7.83. The van der Waals surface area contributed by atoms with Crippen LogP contribution in [0.5, 0.6) is 5.75 Å². The molecule has 0 unspecified atom stereocenters. The van der Waals surface area contributed by atoms with Gasteiger partial charge in [-0.05, 0) is 50.1 Å². The van der Waals surface area contributed by atoms with E-state index >= 15 is 0 Å². The summed E-state index contributed by atoms with van der Waals surface area (Å²) in [5, 5.41) is 0. The van der Waals surface area contributed by atoms with E-state index in [1.54, 1.807) is 0 Å². The van der Waals surface area contributed by atoms with Crippen LogP contribution in [0, 0.1) is 17.3 Å². The molecule has 0 spiro atoms. The summed E-state index contributed by atoms with van der Waals surface area (Å²) in [7, 11) is 0. The lowest BCUT2D eigenvalue weighted by Gasteiger charge is -2.45. The Hall–Kier alpha value is -3.44. The lowest BCUT2D eigenvalue weighted by Crippen LogP contribution is -2.54. The number of alkyl halides is 2. The number of ether oxygens (including phenoxy) is 1. The molecule has 6 nitrogen and oxygen atoms in total. The highest BCUT2D eigenvalue weighted by atomic mass is 19.3. The molecular weight excluding hydrogens is 462 g/mol. The molecular formula is C28H26F2N4O2. The third kappa shape index (κ3) is 3.26. The fraction of sp³-hybridized carbons (Fsp3) is 0.429. The first-order valence-electron chi connectivity index (χ1n) is 13.7. The number of imidazole rings is 1. The maximum Gasteiger partial charge on any atom is 0.387 e. The van der Waals surface area contributed by atoms with E-state index in [9.17, 15) is 13.6 Å². The monoisotopic (exact) mass is 491 g/mol. The van der Waals surface area contributed by atoms with E-state index in [-0.39, 0.29) is 28.7 Å². The molecule has 1 amide bonds. The number of carbonyl (C=O) groups excluding carboxylic acids is 1. The van der Waals surface area contributed by atoms with Crippen LogP contribution in [0.4, 0.5) is 8.78 Å². The lowest BCUT2D eigenvalue weighted by atomic mass is 9.82. The summed E-state index contributed by atoms with van der Waals surface area (Å²) in [4.78, 5) is 21.6. The fourth-order valence-corrected chi connectivity index (χ4v) is 6.04. The summed E-state index contributed by atoms with van der Waals surface area (Å²) >= 11 is 0. The van der Waals surface area contributed by atoms with Gasteiger partial charge in [-0.1, -0.05) is 17.9 Å². The minimum Gasteiger partial charge on any atom is -0.434 e. The third-order valence-corrected chi connectivity index (χ3v) is 7.83. The number of hydrogen-bond acceptors (Lipinski definition) is 4. The van der Waals surface area contributed by atoms with Gasteiger partial charge >= 0.3 is 6.61 Å². The van der Waals surface area contributed by atoms with Crippen LogP contribution in [0.15, 0.2) is 36.4 Å². The number of likely N-dealkylation sites (tertiary alicyclic amines) is 1. The van der Waals surface area contributed by atoms with E-state index in [1.807, 2.05) is 22.8 Å². The summed E-state index contributed by atoms with van der Waals surface area (Å²) < 4.78 is 57.9. The number of aromatic nitrogens is 2. The standard InChI is InChI=1S/C28H26F2N4O2/c1-28(14-33(15-28)17-7-8-17)11-10-16-6-9-19-20(12-16)34-21-13-22(25(34)31-19)32(2)26(35)18-4-3-5-23(24(18)21)36-27(29)30/h3-6,9,12,17,21-22,27H,7-8,13-15H2,1-2H3/t21-,22-/m1/s1/i2D3.